The zero-order valence-electron chi connectivity index (χ0n) is 32.5. The minimum Gasteiger partial charge on any atom is -0.465 e. The number of carbonyl (C=O) groups excluding carboxylic acids is 3. The van der Waals surface area contributed by atoms with Gasteiger partial charge in [-0.3, -0.25) is 14.6 Å². The largest absolute Gasteiger partial charge is 0.465 e. The summed E-state index contributed by atoms with van der Waals surface area (Å²) in [5, 5.41) is 3.98. The number of carbonyl (C=O) groups is 3. The number of esters is 1. The molecule has 1 N–H and O–H groups in total. The summed E-state index contributed by atoms with van der Waals surface area (Å²) in [6.07, 6.45) is 3.14. The van der Waals surface area contributed by atoms with Gasteiger partial charge in [-0.25, -0.2) is 4.79 Å². The molecule has 0 aliphatic carbocycles. The number of hydrogen-bond acceptors (Lipinski definition) is 7. The number of piperidine rings is 1. The van der Waals surface area contributed by atoms with Gasteiger partial charge in [0.2, 0.25) is 5.91 Å². The number of cyclic esters (lactones) is 1. The van der Waals surface area contributed by atoms with Gasteiger partial charge in [-0.2, -0.15) is 0 Å². The van der Waals surface area contributed by atoms with Crippen LogP contribution in [-0.2, 0) is 43.2 Å². The number of fused-ring (bicyclic) bond motifs is 6. The fraction of sp³-hybridized carbons (Fsp3) is 0.488. The molecule has 6 rings (SSSR count). The first kappa shape index (κ1) is 38.0. The van der Waals surface area contributed by atoms with Crippen molar-refractivity contribution < 1.29 is 28.6 Å². The maximum Gasteiger partial charge on any atom is 0.408 e. The highest BCUT2D eigenvalue weighted by atomic mass is 16.6. The molecule has 2 aliphatic rings. The Labute approximate surface area is 313 Å². The number of aromatic nitrogens is 2. The average Bonchev–Trinajstić information content (AvgIpc) is 3.43. The summed E-state index contributed by atoms with van der Waals surface area (Å²) in [6, 6.07) is 17.9. The van der Waals surface area contributed by atoms with Crippen LogP contribution < -0.4 is 5.32 Å². The van der Waals surface area contributed by atoms with E-state index in [1.807, 2.05) is 31.3 Å². The van der Waals surface area contributed by atoms with E-state index in [-0.39, 0.29) is 37.6 Å². The van der Waals surface area contributed by atoms with Gasteiger partial charge in [-0.05, 0) is 100 Å². The molecule has 2 aromatic heterocycles. The first-order valence-electron chi connectivity index (χ1n) is 18.9. The molecule has 0 saturated carbocycles. The predicted octanol–water partition coefficient (Wildman–Crippen LogP) is 7.90. The Morgan fingerprint density at radius 2 is 1.87 bits per heavy atom. The monoisotopic (exact) mass is 722 g/mol. The van der Waals surface area contributed by atoms with Crippen molar-refractivity contribution in [3.8, 4) is 22.4 Å². The molecule has 1 saturated heterocycles. The molecule has 10 nitrogen and oxygen atoms in total. The number of amides is 2. The van der Waals surface area contributed by atoms with E-state index in [2.05, 4.69) is 67.1 Å². The van der Waals surface area contributed by atoms with Crippen LogP contribution in [-0.4, -0.2) is 70.9 Å². The van der Waals surface area contributed by atoms with Gasteiger partial charge in [0, 0.05) is 61.2 Å². The number of hydrogen-bond donors (Lipinski definition) is 1. The molecule has 3 atom stereocenters. The van der Waals surface area contributed by atoms with E-state index in [1.165, 1.54) is 0 Å². The molecule has 2 aromatic carbocycles. The van der Waals surface area contributed by atoms with E-state index in [4.69, 9.17) is 19.2 Å². The van der Waals surface area contributed by atoms with Crippen LogP contribution in [0.15, 0.2) is 60.8 Å². The predicted molar refractivity (Wildman–Crippen MR) is 206 cm³/mol. The lowest BCUT2D eigenvalue weighted by molar-refractivity contribution is -0.155. The van der Waals surface area contributed by atoms with Gasteiger partial charge in [0.05, 0.1) is 30.0 Å². The van der Waals surface area contributed by atoms with Crippen molar-refractivity contribution >= 4 is 28.9 Å². The number of benzene rings is 2. The number of ether oxygens (including phenoxy) is 3. The van der Waals surface area contributed by atoms with E-state index in [0.717, 1.165) is 56.7 Å². The van der Waals surface area contributed by atoms with E-state index < -0.39 is 29.1 Å². The van der Waals surface area contributed by atoms with E-state index in [9.17, 15) is 14.4 Å². The highest BCUT2D eigenvalue weighted by Gasteiger charge is 2.36. The van der Waals surface area contributed by atoms with Gasteiger partial charge < -0.3 is 29.0 Å². The number of aryl methyl sites for hydroxylation is 1. The summed E-state index contributed by atoms with van der Waals surface area (Å²) in [6.45, 7) is 15.5. The molecule has 0 unspecified atom stereocenters. The maximum absolute atomic E-state index is 14.2. The molecule has 4 aromatic rings. The topological polar surface area (TPSA) is 112 Å². The fourth-order valence-corrected chi connectivity index (χ4v) is 7.74. The van der Waals surface area contributed by atoms with Crippen molar-refractivity contribution in [1.82, 2.24) is 19.8 Å². The van der Waals surface area contributed by atoms with Crippen molar-refractivity contribution in [3.63, 3.8) is 0 Å². The van der Waals surface area contributed by atoms with Crippen LogP contribution in [0.1, 0.15) is 84.2 Å². The maximum atomic E-state index is 14.2. The molecule has 0 spiro atoms. The van der Waals surface area contributed by atoms with Crippen LogP contribution in [0.3, 0.4) is 0 Å². The Bertz CT molecular complexity index is 1990. The van der Waals surface area contributed by atoms with Crippen LogP contribution in [0.4, 0.5) is 4.79 Å². The normalized spacial score (nSPS) is 20.0. The van der Waals surface area contributed by atoms with Crippen molar-refractivity contribution in [2.24, 2.45) is 11.3 Å². The number of alkyl carbamates (subject to hydrolysis) is 1. The molecule has 2 amide bonds. The first-order chi connectivity index (χ1) is 25.2. The van der Waals surface area contributed by atoms with Gasteiger partial charge in [0.25, 0.3) is 0 Å². The van der Waals surface area contributed by atoms with Crippen LogP contribution in [0, 0.1) is 11.3 Å². The Kier molecular flexibility index (Phi) is 11.0. The lowest BCUT2D eigenvalue weighted by Crippen LogP contribution is -2.53. The van der Waals surface area contributed by atoms with Gasteiger partial charge in [0.15, 0.2) is 0 Å². The molecule has 10 heteroatoms. The number of nitrogens with one attached hydrogen (secondary N) is 1. The fourth-order valence-electron chi connectivity index (χ4n) is 7.74. The summed E-state index contributed by atoms with van der Waals surface area (Å²) >= 11 is 0. The standard InChI is InChI=1S/C43H54N4O6/c1-9-47-36-18-17-30-23-33(36)34(38(47)32-16-11-19-44-37(32)27(2)51-8)24-43(6,7)26-52-40(49)31-15-12-20-46(25-31)39(48)35(45-41(50)53-42(3,4)5)22-28-13-10-14-29(30)21-28/h10-11,13-14,16-19,21,23,27,31,35H,9,12,15,20,22,24-26H2,1-8H3,(H,45,50)/t27-,31+,35-/m0/s1. The van der Waals surface area contributed by atoms with Crippen LogP contribution in [0.2, 0.25) is 0 Å². The quantitative estimate of drug-likeness (QED) is 0.209. The number of nitrogens with zero attached hydrogens (tertiary/aromatic N) is 3. The smallest absolute Gasteiger partial charge is 0.408 e. The third-order valence-corrected chi connectivity index (χ3v) is 10.3. The molecular weight excluding hydrogens is 668 g/mol. The molecule has 282 valence electrons. The van der Waals surface area contributed by atoms with E-state index in [1.54, 1.807) is 32.8 Å². The second-order valence-corrected chi connectivity index (χ2v) is 16.3. The highest BCUT2D eigenvalue weighted by Crippen LogP contribution is 2.42. The molecule has 4 heterocycles. The second-order valence-electron chi connectivity index (χ2n) is 16.3. The van der Waals surface area contributed by atoms with Crippen molar-refractivity contribution in [3.05, 3.63) is 77.6 Å². The van der Waals surface area contributed by atoms with Crippen LogP contribution in [0.5, 0.6) is 0 Å². The van der Waals surface area contributed by atoms with Gasteiger partial charge in [-0.1, -0.05) is 44.2 Å². The lowest BCUT2D eigenvalue weighted by Gasteiger charge is -2.35. The van der Waals surface area contributed by atoms with Crippen molar-refractivity contribution in [1.29, 1.82) is 0 Å². The third kappa shape index (κ3) is 8.43. The molecule has 2 aliphatic heterocycles. The van der Waals surface area contributed by atoms with Crippen molar-refractivity contribution in [2.45, 2.75) is 98.4 Å². The van der Waals surface area contributed by atoms with Crippen LogP contribution in [0.25, 0.3) is 33.3 Å². The minimum atomic E-state index is -0.883. The second kappa shape index (κ2) is 15.3. The van der Waals surface area contributed by atoms with Crippen molar-refractivity contribution in [2.75, 3.05) is 26.8 Å². The molecule has 1 fully saturated rings. The summed E-state index contributed by atoms with van der Waals surface area (Å²) in [5.74, 6) is -0.998. The van der Waals surface area contributed by atoms with Gasteiger partial charge in [-0.15, -0.1) is 0 Å². The minimum absolute atomic E-state index is 0.216. The van der Waals surface area contributed by atoms with E-state index >= 15 is 0 Å². The SMILES string of the molecule is CCn1c(-c2cccnc2[C@H](C)OC)c2c3cc(ccc31)-c1cccc(c1)C[C@H](NC(=O)OC(C)(C)C)C(=O)N1CCC[C@H](C1)C(=O)OCC(C)(C)C2. The number of rotatable bonds is 5. The zero-order chi connectivity index (χ0) is 38.1. The Morgan fingerprint density at radius 1 is 1.09 bits per heavy atom. The summed E-state index contributed by atoms with van der Waals surface area (Å²) in [7, 11) is 1.70. The average molecular weight is 723 g/mol. The van der Waals surface area contributed by atoms with Gasteiger partial charge >= 0.3 is 12.1 Å². The van der Waals surface area contributed by atoms with Crippen LogP contribution >= 0.6 is 0 Å². The third-order valence-electron chi connectivity index (χ3n) is 10.3. The summed E-state index contributed by atoms with van der Waals surface area (Å²) < 4.78 is 19.8. The lowest BCUT2D eigenvalue weighted by atomic mass is 9.84. The summed E-state index contributed by atoms with van der Waals surface area (Å²) in [5.41, 5.74) is 7.02. The Morgan fingerprint density at radius 3 is 2.60 bits per heavy atom. The zero-order valence-corrected chi connectivity index (χ0v) is 32.5. The van der Waals surface area contributed by atoms with E-state index in [0.29, 0.717) is 25.8 Å². The highest BCUT2D eigenvalue weighted by molar-refractivity contribution is 5.95. The molecule has 53 heavy (non-hydrogen) atoms. The van der Waals surface area contributed by atoms with Gasteiger partial charge in [0.1, 0.15) is 11.6 Å². The molecule has 6 bridgehead atoms. The summed E-state index contributed by atoms with van der Waals surface area (Å²) in [4.78, 5) is 47.4. The Balaban J connectivity index is 1.51. The first-order valence-corrected chi connectivity index (χ1v) is 18.9. The number of methoxy groups -OCH3 is 1. The molecule has 0 radical (unpaired) electrons. The molecular formula is C43H54N4O6. The Hall–Kier alpha value is -4.70. The number of pyridine rings is 1.